The quantitative estimate of drug-likeness (QED) is 0.903. The minimum absolute atomic E-state index is 0.223. The lowest BCUT2D eigenvalue weighted by Gasteiger charge is -2.36. The van der Waals surface area contributed by atoms with Crippen molar-refractivity contribution in [3.05, 3.63) is 29.3 Å². The SMILES string of the molecule is Cc1cc(C)cc(OC[C@@H](O)CN2C[C@@H](C)O[C@@H](C)C2)c1. The summed E-state index contributed by atoms with van der Waals surface area (Å²) >= 11 is 0. The molecule has 118 valence electrons. The van der Waals surface area contributed by atoms with Gasteiger partial charge in [0.1, 0.15) is 18.5 Å². The van der Waals surface area contributed by atoms with Crippen molar-refractivity contribution in [2.24, 2.45) is 0 Å². The van der Waals surface area contributed by atoms with Gasteiger partial charge in [0.15, 0.2) is 0 Å². The molecule has 0 aliphatic carbocycles. The van der Waals surface area contributed by atoms with Crippen LogP contribution < -0.4 is 4.74 Å². The van der Waals surface area contributed by atoms with Crippen LogP contribution in [0.4, 0.5) is 0 Å². The third kappa shape index (κ3) is 5.30. The highest BCUT2D eigenvalue weighted by molar-refractivity contribution is 5.32. The fourth-order valence-corrected chi connectivity index (χ4v) is 2.99. The Labute approximate surface area is 127 Å². The van der Waals surface area contributed by atoms with Crippen molar-refractivity contribution in [1.29, 1.82) is 0 Å². The summed E-state index contributed by atoms with van der Waals surface area (Å²) in [5, 5.41) is 10.2. The number of rotatable bonds is 5. The lowest BCUT2D eigenvalue weighted by Crippen LogP contribution is -2.48. The van der Waals surface area contributed by atoms with Gasteiger partial charge in [-0.1, -0.05) is 6.07 Å². The van der Waals surface area contributed by atoms with Crippen molar-refractivity contribution >= 4 is 0 Å². The average Bonchev–Trinajstić information content (AvgIpc) is 2.34. The molecular formula is C17H27NO3. The van der Waals surface area contributed by atoms with Crippen LogP contribution in [0.3, 0.4) is 0 Å². The second kappa shape index (κ2) is 7.25. The number of aliphatic hydroxyl groups is 1. The van der Waals surface area contributed by atoms with E-state index in [-0.39, 0.29) is 12.2 Å². The average molecular weight is 293 g/mol. The van der Waals surface area contributed by atoms with Gasteiger partial charge in [0, 0.05) is 19.6 Å². The molecule has 1 heterocycles. The first-order valence-electron chi connectivity index (χ1n) is 7.69. The third-order valence-corrected chi connectivity index (χ3v) is 3.60. The van der Waals surface area contributed by atoms with Gasteiger partial charge in [-0.3, -0.25) is 4.90 Å². The topological polar surface area (TPSA) is 41.9 Å². The molecule has 0 amide bonds. The van der Waals surface area contributed by atoms with Crippen molar-refractivity contribution < 1.29 is 14.6 Å². The Hall–Kier alpha value is -1.10. The predicted octanol–water partition coefficient (Wildman–Crippen LogP) is 2.15. The highest BCUT2D eigenvalue weighted by Crippen LogP contribution is 2.17. The molecule has 4 heteroatoms. The number of benzene rings is 1. The summed E-state index contributed by atoms with van der Waals surface area (Å²) < 4.78 is 11.4. The standard InChI is InChI=1S/C17H27NO3/c1-12-5-13(2)7-17(6-12)20-11-16(19)10-18-8-14(3)21-15(4)9-18/h5-7,14-16,19H,8-11H2,1-4H3/t14-,15+,16-/m0/s1. The van der Waals surface area contributed by atoms with Gasteiger partial charge < -0.3 is 14.6 Å². The van der Waals surface area contributed by atoms with E-state index in [1.54, 1.807) is 0 Å². The van der Waals surface area contributed by atoms with Crippen LogP contribution in [-0.4, -0.2) is 54.6 Å². The van der Waals surface area contributed by atoms with Gasteiger partial charge in [0.2, 0.25) is 0 Å². The van der Waals surface area contributed by atoms with Crippen LogP contribution in [0.15, 0.2) is 18.2 Å². The number of aryl methyl sites for hydroxylation is 2. The molecule has 0 aromatic heterocycles. The minimum Gasteiger partial charge on any atom is -0.491 e. The molecule has 21 heavy (non-hydrogen) atoms. The van der Waals surface area contributed by atoms with E-state index in [9.17, 15) is 5.11 Å². The molecule has 1 aliphatic rings. The summed E-state index contributed by atoms with van der Waals surface area (Å²) in [6.07, 6.45) is -0.0362. The Kier molecular flexibility index (Phi) is 5.62. The number of nitrogens with zero attached hydrogens (tertiary/aromatic N) is 1. The molecule has 0 unspecified atom stereocenters. The molecule has 1 aromatic rings. The number of ether oxygens (including phenoxy) is 2. The largest absolute Gasteiger partial charge is 0.491 e. The molecule has 1 aromatic carbocycles. The van der Waals surface area contributed by atoms with Gasteiger partial charge >= 0.3 is 0 Å². The summed E-state index contributed by atoms with van der Waals surface area (Å²) in [5.74, 6) is 0.829. The highest BCUT2D eigenvalue weighted by Gasteiger charge is 2.23. The Morgan fingerprint density at radius 2 is 1.76 bits per heavy atom. The van der Waals surface area contributed by atoms with Gasteiger partial charge in [-0.25, -0.2) is 0 Å². The molecule has 3 atom stereocenters. The van der Waals surface area contributed by atoms with E-state index in [1.165, 1.54) is 11.1 Å². The van der Waals surface area contributed by atoms with E-state index in [1.807, 2.05) is 26.0 Å². The molecule has 0 saturated carbocycles. The zero-order chi connectivity index (χ0) is 15.4. The highest BCUT2D eigenvalue weighted by atomic mass is 16.5. The number of aliphatic hydroxyl groups excluding tert-OH is 1. The lowest BCUT2D eigenvalue weighted by molar-refractivity contribution is -0.0786. The fourth-order valence-electron chi connectivity index (χ4n) is 2.99. The molecular weight excluding hydrogens is 266 g/mol. The zero-order valence-corrected chi connectivity index (χ0v) is 13.5. The maximum atomic E-state index is 10.2. The molecule has 1 aliphatic heterocycles. The monoisotopic (exact) mass is 293 g/mol. The molecule has 1 saturated heterocycles. The van der Waals surface area contributed by atoms with Crippen molar-refractivity contribution in [3.63, 3.8) is 0 Å². The molecule has 0 radical (unpaired) electrons. The number of hydrogen-bond acceptors (Lipinski definition) is 4. The Morgan fingerprint density at radius 3 is 2.33 bits per heavy atom. The smallest absolute Gasteiger partial charge is 0.119 e. The Morgan fingerprint density at radius 1 is 1.19 bits per heavy atom. The molecule has 0 bridgehead atoms. The van der Waals surface area contributed by atoms with Gasteiger partial charge in [0.25, 0.3) is 0 Å². The summed E-state index contributed by atoms with van der Waals surface area (Å²) in [6, 6.07) is 6.11. The second-order valence-corrected chi connectivity index (χ2v) is 6.26. The summed E-state index contributed by atoms with van der Waals surface area (Å²) in [7, 11) is 0. The molecule has 2 rings (SSSR count). The minimum atomic E-state index is -0.483. The maximum Gasteiger partial charge on any atom is 0.119 e. The van der Waals surface area contributed by atoms with Crippen LogP contribution in [-0.2, 0) is 4.74 Å². The van der Waals surface area contributed by atoms with Gasteiger partial charge in [-0.05, 0) is 51.0 Å². The first-order chi connectivity index (χ1) is 9.92. The molecule has 1 N–H and O–H groups in total. The summed E-state index contributed by atoms with van der Waals surface area (Å²) in [4.78, 5) is 2.24. The number of β-amino-alcohol motifs (C(OH)–C–C–N with tert-alkyl or cyclic N) is 1. The predicted molar refractivity (Wildman–Crippen MR) is 83.9 cm³/mol. The van der Waals surface area contributed by atoms with Gasteiger partial charge in [0.05, 0.1) is 12.2 Å². The van der Waals surface area contributed by atoms with E-state index >= 15 is 0 Å². The van der Waals surface area contributed by atoms with Crippen molar-refractivity contribution in [2.45, 2.75) is 46.0 Å². The van der Waals surface area contributed by atoms with E-state index in [0.29, 0.717) is 13.2 Å². The van der Waals surface area contributed by atoms with Gasteiger partial charge in [-0.15, -0.1) is 0 Å². The van der Waals surface area contributed by atoms with Crippen LogP contribution in [0.25, 0.3) is 0 Å². The van der Waals surface area contributed by atoms with E-state index in [4.69, 9.17) is 9.47 Å². The van der Waals surface area contributed by atoms with Crippen molar-refractivity contribution in [1.82, 2.24) is 4.90 Å². The molecule has 4 nitrogen and oxygen atoms in total. The lowest BCUT2D eigenvalue weighted by atomic mass is 10.1. The van der Waals surface area contributed by atoms with Crippen molar-refractivity contribution in [3.8, 4) is 5.75 Å². The first kappa shape index (κ1) is 16.3. The van der Waals surface area contributed by atoms with Crippen LogP contribution in [0, 0.1) is 13.8 Å². The maximum absolute atomic E-state index is 10.2. The summed E-state index contributed by atoms with van der Waals surface area (Å²) in [5.41, 5.74) is 2.35. The van der Waals surface area contributed by atoms with E-state index < -0.39 is 6.10 Å². The number of morpholine rings is 1. The third-order valence-electron chi connectivity index (χ3n) is 3.60. The number of hydrogen-bond donors (Lipinski definition) is 1. The van der Waals surface area contributed by atoms with Crippen LogP contribution in [0.5, 0.6) is 5.75 Å². The first-order valence-corrected chi connectivity index (χ1v) is 7.69. The van der Waals surface area contributed by atoms with Crippen LogP contribution >= 0.6 is 0 Å². The van der Waals surface area contributed by atoms with Crippen LogP contribution in [0.1, 0.15) is 25.0 Å². The molecule has 1 fully saturated rings. The van der Waals surface area contributed by atoms with E-state index in [0.717, 1.165) is 18.8 Å². The normalized spacial score (nSPS) is 24.8. The summed E-state index contributed by atoms with van der Waals surface area (Å²) in [6.45, 7) is 10.9. The molecule has 0 spiro atoms. The van der Waals surface area contributed by atoms with E-state index in [2.05, 4.69) is 24.8 Å². The van der Waals surface area contributed by atoms with Gasteiger partial charge in [-0.2, -0.15) is 0 Å². The second-order valence-electron chi connectivity index (χ2n) is 6.26. The Bertz CT molecular complexity index is 433. The van der Waals surface area contributed by atoms with Crippen molar-refractivity contribution in [2.75, 3.05) is 26.2 Å². The van der Waals surface area contributed by atoms with Crippen LogP contribution in [0.2, 0.25) is 0 Å². The zero-order valence-electron chi connectivity index (χ0n) is 13.5. The Balaban J connectivity index is 1.80. The fraction of sp³-hybridized carbons (Fsp3) is 0.647.